The van der Waals surface area contributed by atoms with Crippen LogP contribution in [0.25, 0.3) is 17.0 Å². The van der Waals surface area contributed by atoms with Gasteiger partial charge in [-0.3, -0.25) is 14.5 Å². The van der Waals surface area contributed by atoms with Gasteiger partial charge in [-0.05, 0) is 25.1 Å². The maximum absolute atomic E-state index is 12.7. The van der Waals surface area contributed by atoms with Crippen LogP contribution in [0, 0.1) is 6.92 Å². The molecule has 2 aromatic heterocycles. The fraction of sp³-hybridized carbons (Fsp3) is 0.348. The van der Waals surface area contributed by atoms with Gasteiger partial charge in [-0.25, -0.2) is 4.98 Å². The molecule has 1 aliphatic heterocycles. The monoisotopic (exact) mass is 439 g/mol. The average Bonchev–Trinajstić information content (AvgIpc) is 3.20. The van der Waals surface area contributed by atoms with E-state index in [2.05, 4.69) is 9.88 Å². The first-order valence-electron chi connectivity index (χ1n) is 10.2. The first kappa shape index (κ1) is 21.4. The molecule has 0 unspecified atom stereocenters. The van der Waals surface area contributed by atoms with Crippen molar-refractivity contribution in [1.29, 1.82) is 0 Å². The van der Waals surface area contributed by atoms with Crippen molar-refractivity contribution in [2.24, 2.45) is 0 Å². The highest BCUT2D eigenvalue weighted by atomic mass is 32.1. The van der Waals surface area contributed by atoms with Crippen LogP contribution in [-0.2, 0) is 22.6 Å². The van der Waals surface area contributed by atoms with Crippen LogP contribution < -0.4 is 5.43 Å². The molecule has 0 radical (unpaired) electrons. The third-order valence-electron chi connectivity index (χ3n) is 5.20. The first-order chi connectivity index (χ1) is 15.0. The number of nitrogens with zero attached hydrogens (tertiary/aromatic N) is 3. The highest BCUT2D eigenvalue weighted by Gasteiger charge is 2.14. The lowest BCUT2D eigenvalue weighted by atomic mass is 10.1. The van der Waals surface area contributed by atoms with E-state index in [4.69, 9.17) is 9.15 Å². The molecule has 7 nitrogen and oxygen atoms in total. The molecule has 1 aliphatic rings. The van der Waals surface area contributed by atoms with Crippen molar-refractivity contribution in [3.63, 3.8) is 0 Å². The number of benzene rings is 1. The Labute approximate surface area is 184 Å². The van der Waals surface area contributed by atoms with Crippen molar-refractivity contribution in [1.82, 2.24) is 14.8 Å². The third kappa shape index (κ3) is 5.28. The zero-order valence-corrected chi connectivity index (χ0v) is 18.5. The molecule has 0 bridgehead atoms. The quantitative estimate of drug-likeness (QED) is 0.550. The number of morpholine rings is 1. The predicted octanol–water partition coefficient (Wildman–Crippen LogP) is 3.06. The number of ether oxygens (including phenoxy) is 1. The van der Waals surface area contributed by atoms with Gasteiger partial charge in [0.25, 0.3) is 0 Å². The molecular formula is C23H25N3O4S. The second kappa shape index (κ2) is 9.55. The third-order valence-corrected chi connectivity index (χ3v) is 6.08. The molecule has 0 aliphatic carbocycles. The number of likely N-dealkylation sites (N-methyl/N-ethyl adjacent to an activating group) is 1. The van der Waals surface area contributed by atoms with Crippen LogP contribution in [0.5, 0.6) is 0 Å². The summed E-state index contributed by atoms with van der Waals surface area (Å²) in [6.07, 6.45) is 4.30. The molecule has 4 rings (SSSR count). The summed E-state index contributed by atoms with van der Waals surface area (Å²) in [5, 5.41) is 3.54. The van der Waals surface area contributed by atoms with Gasteiger partial charge in [0.05, 0.1) is 42.9 Å². The van der Waals surface area contributed by atoms with Crippen molar-refractivity contribution < 1.29 is 13.9 Å². The van der Waals surface area contributed by atoms with E-state index in [0.29, 0.717) is 23.1 Å². The Morgan fingerprint density at radius 1 is 1.32 bits per heavy atom. The van der Waals surface area contributed by atoms with Crippen molar-refractivity contribution >= 4 is 34.3 Å². The minimum absolute atomic E-state index is 0.149. The number of carbonyl (C=O) groups is 1. The van der Waals surface area contributed by atoms with Gasteiger partial charge in [0.15, 0.2) is 5.43 Å². The largest absolute Gasteiger partial charge is 0.463 e. The van der Waals surface area contributed by atoms with Crippen LogP contribution in [0.4, 0.5) is 0 Å². The van der Waals surface area contributed by atoms with Gasteiger partial charge in [0, 0.05) is 31.6 Å². The molecule has 31 heavy (non-hydrogen) atoms. The van der Waals surface area contributed by atoms with E-state index < -0.39 is 0 Å². The summed E-state index contributed by atoms with van der Waals surface area (Å²) in [6, 6.07) is 5.47. The summed E-state index contributed by atoms with van der Waals surface area (Å²) in [4.78, 5) is 33.8. The standard InChI is InChI=1S/C23H25N3O4S/c1-16-3-5-20-19(11-16)23(28)17(14-30-20)4-6-22(27)25(2)12-18-15-31-21(24-18)13-26-7-9-29-10-8-26/h3-6,11,14-15H,7-10,12-13H2,1-2H3/b6-4+. The second-order valence-electron chi connectivity index (χ2n) is 7.67. The maximum Gasteiger partial charge on any atom is 0.246 e. The molecule has 0 spiro atoms. The van der Waals surface area contributed by atoms with E-state index in [1.54, 1.807) is 35.4 Å². The molecule has 1 saturated heterocycles. The Bertz CT molecular complexity index is 1160. The predicted molar refractivity (Wildman–Crippen MR) is 121 cm³/mol. The number of aryl methyl sites for hydroxylation is 1. The molecule has 1 fully saturated rings. The number of hydrogen-bond donors (Lipinski definition) is 0. The molecule has 3 heterocycles. The number of rotatable bonds is 6. The van der Waals surface area contributed by atoms with E-state index in [-0.39, 0.29) is 11.3 Å². The number of amides is 1. The Morgan fingerprint density at radius 3 is 2.94 bits per heavy atom. The second-order valence-corrected chi connectivity index (χ2v) is 8.61. The van der Waals surface area contributed by atoms with Crippen LogP contribution in [0.1, 0.15) is 21.8 Å². The first-order valence-corrected chi connectivity index (χ1v) is 11.1. The van der Waals surface area contributed by atoms with Crippen LogP contribution >= 0.6 is 11.3 Å². The summed E-state index contributed by atoms with van der Waals surface area (Å²) in [5.74, 6) is -0.202. The van der Waals surface area contributed by atoms with E-state index in [1.807, 2.05) is 18.4 Å². The smallest absolute Gasteiger partial charge is 0.246 e. The number of aromatic nitrogens is 1. The van der Waals surface area contributed by atoms with Crippen molar-refractivity contribution in [3.05, 3.63) is 68.0 Å². The van der Waals surface area contributed by atoms with Gasteiger partial charge >= 0.3 is 0 Å². The highest BCUT2D eigenvalue weighted by molar-refractivity contribution is 7.09. The van der Waals surface area contributed by atoms with Gasteiger partial charge in [-0.2, -0.15) is 0 Å². The van der Waals surface area contributed by atoms with E-state index in [1.165, 1.54) is 18.4 Å². The molecule has 1 amide bonds. The van der Waals surface area contributed by atoms with E-state index in [9.17, 15) is 9.59 Å². The van der Waals surface area contributed by atoms with Crippen molar-refractivity contribution in [3.8, 4) is 0 Å². The lowest BCUT2D eigenvalue weighted by Gasteiger charge is -2.25. The molecule has 162 valence electrons. The number of hydrogen-bond acceptors (Lipinski definition) is 7. The van der Waals surface area contributed by atoms with Crippen LogP contribution in [0.2, 0.25) is 0 Å². The summed E-state index contributed by atoms with van der Waals surface area (Å²) in [7, 11) is 1.72. The molecule has 3 aromatic rings. The average molecular weight is 440 g/mol. The Morgan fingerprint density at radius 2 is 2.13 bits per heavy atom. The molecular weight excluding hydrogens is 414 g/mol. The summed E-state index contributed by atoms with van der Waals surface area (Å²) in [6.45, 7) is 6.50. The fourth-order valence-corrected chi connectivity index (χ4v) is 4.26. The number of thiazole rings is 1. The van der Waals surface area contributed by atoms with Gasteiger partial charge in [-0.15, -0.1) is 11.3 Å². The zero-order chi connectivity index (χ0) is 21.8. The fourth-order valence-electron chi connectivity index (χ4n) is 3.43. The lowest BCUT2D eigenvalue weighted by molar-refractivity contribution is -0.125. The van der Waals surface area contributed by atoms with Crippen LogP contribution in [0.3, 0.4) is 0 Å². The highest BCUT2D eigenvalue weighted by Crippen LogP contribution is 2.16. The molecule has 1 aromatic carbocycles. The zero-order valence-electron chi connectivity index (χ0n) is 17.7. The summed E-state index contributed by atoms with van der Waals surface area (Å²) < 4.78 is 10.9. The van der Waals surface area contributed by atoms with E-state index >= 15 is 0 Å². The van der Waals surface area contributed by atoms with E-state index in [0.717, 1.165) is 49.1 Å². The summed E-state index contributed by atoms with van der Waals surface area (Å²) >= 11 is 1.61. The molecule has 8 heteroatoms. The Balaban J connectivity index is 1.38. The Hall–Kier alpha value is -2.81. The number of carbonyl (C=O) groups excluding carboxylic acids is 1. The lowest BCUT2D eigenvalue weighted by Crippen LogP contribution is -2.35. The van der Waals surface area contributed by atoms with Crippen molar-refractivity contribution in [2.45, 2.75) is 20.0 Å². The molecule has 0 saturated carbocycles. The van der Waals surface area contributed by atoms with Crippen molar-refractivity contribution in [2.75, 3.05) is 33.4 Å². The van der Waals surface area contributed by atoms with Crippen LogP contribution in [-0.4, -0.2) is 54.0 Å². The topological polar surface area (TPSA) is 75.9 Å². The number of fused-ring (bicyclic) bond motifs is 1. The minimum Gasteiger partial charge on any atom is -0.463 e. The van der Waals surface area contributed by atoms with Gasteiger partial charge < -0.3 is 14.1 Å². The SMILES string of the molecule is Cc1ccc2occ(/C=C/C(=O)N(C)Cc3csc(CN4CCOCC4)n3)c(=O)c2c1. The molecule has 0 atom stereocenters. The van der Waals surface area contributed by atoms with Gasteiger partial charge in [0.1, 0.15) is 16.9 Å². The summed E-state index contributed by atoms with van der Waals surface area (Å²) in [5.41, 5.74) is 2.57. The normalized spacial score (nSPS) is 15.0. The van der Waals surface area contributed by atoms with Crippen LogP contribution in [0.15, 0.2) is 45.1 Å². The maximum atomic E-state index is 12.7. The Kier molecular flexibility index (Phi) is 6.60. The minimum atomic E-state index is -0.202. The van der Waals surface area contributed by atoms with Gasteiger partial charge in [-0.1, -0.05) is 11.6 Å². The van der Waals surface area contributed by atoms with Gasteiger partial charge in [0.2, 0.25) is 5.91 Å². The molecule has 0 N–H and O–H groups in total.